The molecule has 0 aliphatic heterocycles. The minimum atomic E-state index is -0.415. The molecule has 134 valence electrons. The van der Waals surface area contributed by atoms with E-state index in [4.69, 9.17) is 0 Å². The maximum Gasteiger partial charge on any atom is 0.255 e. The Kier molecular flexibility index (Phi) is 5.85. The van der Waals surface area contributed by atoms with Crippen LogP contribution in [0, 0.1) is 6.92 Å². The van der Waals surface area contributed by atoms with Crippen molar-refractivity contribution in [1.82, 2.24) is 15.0 Å². The average Bonchev–Trinajstić information content (AvgIpc) is 3.12. The van der Waals surface area contributed by atoms with Gasteiger partial charge in [-0.25, -0.2) is 9.97 Å². The number of aromatic nitrogens is 3. The van der Waals surface area contributed by atoms with Crippen LogP contribution in [0.1, 0.15) is 23.7 Å². The number of aromatic amines is 1. The summed E-state index contributed by atoms with van der Waals surface area (Å²) in [5.41, 5.74) is 2.20. The summed E-state index contributed by atoms with van der Waals surface area (Å²) in [6.07, 6.45) is 2.16. The Morgan fingerprint density at radius 2 is 2.12 bits per heavy atom. The number of hydrogen-bond acceptors (Lipinski definition) is 6. The number of benzene rings is 1. The van der Waals surface area contributed by atoms with Crippen LogP contribution in [0.4, 0.5) is 5.13 Å². The van der Waals surface area contributed by atoms with E-state index in [1.165, 1.54) is 23.1 Å². The van der Waals surface area contributed by atoms with E-state index in [2.05, 4.69) is 20.3 Å². The van der Waals surface area contributed by atoms with Crippen LogP contribution >= 0.6 is 23.1 Å². The first kappa shape index (κ1) is 18.3. The summed E-state index contributed by atoms with van der Waals surface area (Å²) in [5, 5.41) is 5.11. The molecule has 1 amide bonds. The van der Waals surface area contributed by atoms with E-state index >= 15 is 0 Å². The summed E-state index contributed by atoms with van der Waals surface area (Å²) >= 11 is 2.57. The Morgan fingerprint density at radius 1 is 1.35 bits per heavy atom. The monoisotopic (exact) mass is 386 g/mol. The topological polar surface area (TPSA) is 87.7 Å². The molecule has 0 aliphatic carbocycles. The summed E-state index contributed by atoms with van der Waals surface area (Å²) in [4.78, 5) is 35.9. The molecule has 8 heteroatoms. The van der Waals surface area contributed by atoms with Gasteiger partial charge in [0.05, 0.1) is 5.25 Å². The summed E-state index contributed by atoms with van der Waals surface area (Å²) in [5.74, 6) is -0.182. The predicted molar refractivity (Wildman–Crippen MR) is 105 cm³/mol. The molecule has 0 radical (unpaired) electrons. The van der Waals surface area contributed by atoms with Crippen molar-refractivity contribution in [3.8, 4) is 0 Å². The number of carbonyl (C=O) groups is 1. The number of H-pyrrole nitrogens is 1. The molecule has 2 heterocycles. The Morgan fingerprint density at radius 3 is 2.77 bits per heavy atom. The molecule has 0 aliphatic rings. The molecule has 0 saturated heterocycles. The van der Waals surface area contributed by atoms with Crippen molar-refractivity contribution in [3.05, 3.63) is 69.1 Å². The van der Waals surface area contributed by atoms with Gasteiger partial charge in [0.1, 0.15) is 0 Å². The number of nitrogens with one attached hydrogen (secondary N) is 2. The van der Waals surface area contributed by atoms with Crippen LogP contribution in [0.25, 0.3) is 0 Å². The normalized spacial score (nSPS) is 11.9. The summed E-state index contributed by atoms with van der Waals surface area (Å²) in [6.45, 7) is 3.58. The van der Waals surface area contributed by atoms with Gasteiger partial charge in [-0.05, 0) is 19.4 Å². The van der Waals surface area contributed by atoms with Crippen molar-refractivity contribution >= 4 is 34.1 Å². The molecule has 2 aromatic heterocycles. The second-order valence-corrected chi connectivity index (χ2v) is 7.91. The number of amides is 1. The molecule has 1 aromatic carbocycles. The van der Waals surface area contributed by atoms with Gasteiger partial charge in [-0.3, -0.25) is 9.59 Å². The van der Waals surface area contributed by atoms with Gasteiger partial charge >= 0.3 is 0 Å². The fourth-order valence-corrected chi connectivity index (χ4v) is 3.74. The van der Waals surface area contributed by atoms with Gasteiger partial charge in [0.25, 0.3) is 5.56 Å². The zero-order chi connectivity index (χ0) is 18.5. The molecule has 3 aromatic rings. The number of carbonyl (C=O) groups excluding carboxylic acids is 1. The van der Waals surface area contributed by atoms with Gasteiger partial charge in [-0.2, -0.15) is 0 Å². The van der Waals surface area contributed by atoms with Crippen molar-refractivity contribution in [2.45, 2.75) is 30.7 Å². The van der Waals surface area contributed by atoms with Crippen molar-refractivity contribution in [2.24, 2.45) is 0 Å². The number of rotatable bonds is 6. The van der Waals surface area contributed by atoms with Crippen LogP contribution in [0.3, 0.4) is 0 Å². The average molecular weight is 387 g/mol. The SMILES string of the molecule is Cc1nc(SC(C)C(=O)Nc2nccs2)[nH]c(=O)c1Cc1ccccc1. The third-order valence-electron chi connectivity index (χ3n) is 3.74. The third kappa shape index (κ3) is 4.59. The minimum Gasteiger partial charge on any atom is -0.301 e. The minimum absolute atomic E-state index is 0.170. The van der Waals surface area contributed by atoms with Crippen LogP contribution in [0.5, 0.6) is 0 Å². The quantitative estimate of drug-likeness (QED) is 0.502. The van der Waals surface area contributed by atoms with Crippen LogP contribution in [0.15, 0.2) is 51.9 Å². The maximum atomic E-state index is 12.5. The first-order valence-corrected chi connectivity index (χ1v) is 9.79. The summed E-state index contributed by atoms with van der Waals surface area (Å²) in [7, 11) is 0. The molecule has 3 rings (SSSR count). The number of hydrogen-bond donors (Lipinski definition) is 2. The highest BCUT2D eigenvalue weighted by Gasteiger charge is 2.18. The van der Waals surface area contributed by atoms with Gasteiger partial charge < -0.3 is 10.3 Å². The molecule has 26 heavy (non-hydrogen) atoms. The third-order valence-corrected chi connectivity index (χ3v) is 5.42. The largest absolute Gasteiger partial charge is 0.301 e. The van der Waals surface area contributed by atoms with Crippen LogP contribution < -0.4 is 10.9 Å². The van der Waals surface area contributed by atoms with Gasteiger partial charge in [0.15, 0.2) is 10.3 Å². The van der Waals surface area contributed by atoms with Crippen molar-refractivity contribution < 1.29 is 4.79 Å². The fraction of sp³-hybridized carbons (Fsp3) is 0.222. The van der Waals surface area contributed by atoms with Gasteiger partial charge in [0.2, 0.25) is 5.91 Å². The summed E-state index contributed by atoms with van der Waals surface area (Å²) < 4.78 is 0. The lowest BCUT2D eigenvalue weighted by Crippen LogP contribution is -2.24. The van der Waals surface area contributed by atoms with E-state index in [9.17, 15) is 9.59 Å². The Hall–Kier alpha value is -2.45. The van der Waals surface area contributed by atoms with E-state index in [0.717, 1.165) is 5.56 Å². The van der Waals surface area contributed by atoms with Crippen molar-refractivity contribution in [3.63, 3.8) is 0 Å². The Balaban J connectivity index is 1.71. The second kappa shape index (κ2) is 8.29. The number of nitrogens with zero attached hydrogens (tertiary/aromatic N) is 2. The second-order valence-electron chi connectivity index (χ2n) is 5.68. The molecule has 2 N–H and O–H groups in total. The standard InChI is InChI=1S/C18H18N4O2S2/c1-11-14(10-13-6-4-3-5-7-13)16(24)22-18(20-11)26-12(2)15(23)21-17-19-8-9-25-17/h3-9,12H,10H2,1-2H3,(H,19,21,23)(H,20,22,24). The van der Waals surface area contributed by atoms with Crippen LogP contribution in [0.2, 0.25) is 0 Å². The van der Waals surface area contributed by atoms with E-state index in [1.54, 1.807) is 18.5 Å². The van der Waals surface area contributed by atoms with Crippen LogP contribution in [-0.2, 0) is 11.2 Å². The number of thiazole rings is 1. The van der Waals surface area contributed by atoms with Gasteiger partial charge in [-0.1, -0.05) is 42.1 Å². The molecular weight excluding hydrogens is 368 g/mol. The van der Waals surface area contributed by atoms with Crippen molar-refractivity contribution in [1.29, 1.82) is 0 Å². The number of thioether (sulfide) groups is 1. The lowest BCUT2D eigenvalue weighted by atomic mass is 10.1. The molecule has 0 saturated carbocycles. The van der Waals surface area contributed by atoms with Gasteiger partial charge in [0, 0.05) is 29.3 Å². The highest BCUT2D eigenvalue weighted by molar-refractivity contribution is 8.00. The zero-order valence-electron chi connectivity index (χ0n) is 14.4. The smallest absolute Gasteiger partial charge is 0.255 e. The maximum absolute atomic E-state index is 12.5. The highest BCUT2D eigenvalue weighted by Crippen LogP contribution is 2.21. The van der Waals surface area contributed by atoms with E-state index < -0.39 is 5.25 Å². The number of anilines is 1. The Bertz CT molecular complexity index is 940. The lowest BCUT2D eigenvalue weighted by molar-refractivity contribution is -0.115. The molecule has 1 unspecified atom stereocenters. The van der Waals surface area contributed by atoms with Gasteiger partial charge in [-0.15, -0.1) is 11.3 Å². The predicted octanol–water partition coefficient (Wildman–Crippen LogP) is 3.24. The molecular formula is C18H18N4O2S2. The van der Waals surface area contributed by atoms with E-state index in [-0.39, 0.29) is 11.5 Å². The zero-order valence-corrected chi connectivity index (χ0v) is 16.0. The molecule has 1 atom stereocenters. The van der Waals surface area contributed by atoms with Crippen molar-refractivity contribution in [2.75, 3.05) is 5.32 Å². The van der Waals surface area contributed by atoms with E-state index in [1.807, 2.05) is 37.3 Å². The first-order valence-electron chi connectivity index (χ1n) is 8.03. The fourth-order valence-electron chi connectivity index (χ4n) is 2.36. The molecule has 0 fully saturated rings. The number of aryl methyl sites for hydroxylation is 1. The first-order chi connectivity index (χ1) is 12.5. The molecule has 0 bridgehead atoms. The Labute approximate surface area is 159 Å². The molecule has 6 nitrogen and oxygen atoms in total. The lowest BCUT2D eigenvalue weighted by Gasteiger charge is -2.11. The highest BCUT2D eigenvalue weighted by atomic mass is 32.2. The summed E-state index contributed by atoms with van der Waals surface area (Å²) in [6, 6.07) is 9.79. The molecule has 0 spiro atoms. The van der Waals surface area contributed by atoms with Crippen LogP contribution in [-0.4, -0.2) is 26.1 Å². The van der Waals surface area contributed by atoms with E-state index in [0.29, 0.717) is 28.0 Å².